The number of carboxylic acid groups (broad SMARTS) is 1. The van der Waals surface area contributed by atoms with Gasteiger partial charge >= 0.3 is 5.97 Å². The molecule has 0 spiro atoms. The zero-order chi connectivity index (χ0) is 17.4. The average Bonchev–Trinajstić information content (AvgIpc) is 2.52. The molecule has 0 aromatic heterocycles. The second-order valence-corrected chi connectivity index (χ2v) is 5.49. The van der Waals surface area contributed by atoms with Gasteiger partial charge in [0, 0.05) is 12.2 Å². The Labute approximate surface area is 140 Å². The van der Waals surface area contributed by atoms with Crippen LogP contribution in [0.5, 0.6) is 0 Å². The highest BCUT2D eigenvalue weighted by Gasteiger charge is 2.26. The molecule has 23 heavy (non-hydrogen) atoms. The third-order valence-corrected chi connectivity index (χ3v) is 3.49. The van der Waals surface area contributed by atoms with E-state index in [1.54, 1.807) is 0 Å². The van der Waals surface area contributed by atoms with E-state index in [4.69, 9.17) is 10.8 Å². The van der Waals surface area contributed by atoms with E-state index in [1.165, 1.54) is 6.92 Å². The molecule has 0 saturated heterocycles. The van der Waals surface area contributed by atoms with Gasteiger partial charge in [0.15, 0.2) is 0 Å². The molecule has 0 bridgehead atoms. The summed E-state index contributed by atoms with van der Waals surface area (Å²) in [7, 11) is 0. The van der Waals surface area contributed by atoms with Crippen LogP contribution in [0.15, 0.2) is 30.3 Å². The van der Waals surface area contributed by atoms with Gasteiger partial charge in [0.05, 0.1) is 6.04 Å². The monoisotopic (exact) mass is 339 g/mol. The Kier molecular flexibility index (Phi) is 7.56. The minimum absolute atomic E-state index is 0.0552. The number of carbonyl (C=O) groups is 3. The first-order chi connectivity index (χ1) is 10.8. The van der Waals surface area contributed by atoms with Crippen molar-refractivity contribution in [2.24, 2.45) is 5.73 Å². The number of benzene rings is 1. The Hall–Kier alpha value is -2.06. The molecule has 0 aliphatic carbocycles. The molecule has 126 valence electrons. The molecule has 1 aromatic carbocycles. The standard InChI is InChI=1S/C15H21N3O4S/c1-9(16)13(19)17-11(7-10-5-3-2-4-6-10)14(20)18-12(8-23)15(21)22/h2-6,9,11-12,23H,7-8,16H2,1H3,(H,17,19)(H,18,20)(H,21,22)/t9-,11-,12-/m0/s1. The molecule has 0 fully saturated rings. The van der Waals surface area contributed by atoms with Crippen LogP contribution < -0.4 is 16.4 Å². The molecular weight excluding hydrogens is 318 g/mol. The van der Waals surface area contributed by atoms with Crippen molar-refractivity contribution >= 4 is 30.4 Å². The number of hydrogen-bond donors (Lipinski definition) is 5. The minimum atomic E-state index is -1.19. The molecule has 0 radical (unpaired) electrons. The number of nitrogens with one attached hydrogen (secondary N) is 2. The van der Waals surface area contributed by atoms with E-state index in [-0.39, 0.29) is 12.2 Å². The normalized spacial score (nSPS) is 14.4. The summed E-state index contributed by atoms with van der Waals surface area (Å²) in [6, 6.07) is 6.25. The number of nitrogens with two attached hydrogens (primary N) is 1. The number of hydrogen-bond acceptors (Lipinski definition) is 5. The van der Waals surface area contributed by atoms with E-state index in [0.29, 0.717) is 0 Å². The molecule has 0 heterocycles. The number of aliphatic carboxylic acids is 1. The summed E-state index contributed by atoms with van der Waals surface area (Å²) in [5, 5.41) is 13.9. The molecule has 2 amide bonds. The Morgan fingerprint density at radius 1 is 1.13 bits per heavy atom. The van der Waals surface area contributed by atoms with Gasteiger partial charge in [-0.1, -0.05) is 30.3 Å². The summed E-state index contributed by atoms with van der Waals surface area (Å²) >= 11 is 3.90. The Morgan fingerprint density at radius 2 is 1.70 bits per heavy atom. The van der Waals surface area contributed by atoms with Crippen molar-refractivity contribution in [2.45, 2.75) is 31.5 Å². The molecule has 3 atom stereocenters. The lowest BCUT2D eigenvalue weighted by molar-refractivity contribution is -0.141. The van der Waals surface area contributed by atoms with E-state index in [1.807, 2.05) is 30.3 Å². The molecule has 1 rings (SSSR count). The Balaban J connectivity index is 2.87. The van der Waals surface area contributed by atoms with Gasteiger partial charge in [-0.2, -0.15) is 12.6 Å². The van der Waals surface area contributed by atoms with E-state index in [2.05, 4.69) is 23.3 Å². The molecule has 5 N–H and O–H groups in total. The fraction of sp³-hybridized carbons (Fsp3) is 0.400. The van der Waals surface area contributed by atoms with Gasteiger partial charge < -0.3 is 21.5 Å². The van der Waals surface area contributed by atoms with Crippen molar-refractivity contribution in [3.63, 3.8) is 0 Å². The molecular formula is C15H21N3O4S. The van der Waals surface area contributed by atoms with Gasteiger partial charge in [-0.3, -0.25) is 9.59 Å². The smallest absolute Gasteiger partial charge is 0.327 e. The van der Waals surface area contributed by atoms with Crippen molar-refractivity contribution in [3.05, 3.63) is 35.9 Å². The van der Waals surface area contributed by atoms with Crippen LogP contribution in [0.4, 0.5) is 0 Å². The first-order valence-corrected chi connectivity index (χ1v) is 7.72. The lowest BCUT2D eigenvalue weighted by Gasteiger charge is -2.21. The van der Waals surface area contributed by atoms with Crippen LogP contribution in [-0.4, -0.2) is 46.8 Å². The maximum atomic E-state index is 12.3. The van der Waals surface area contributed by atoms with Gasteiger partial charge in [-0.15, -0.1) is 0 Å². The van der Waals surface area contributed by atoms with E-state index >= 15 is 0 Å². The summed E-state index contributed by atoms with van der Waals surface area (Å²) < 4.78 is 0. The Bertz CT molecular complexity index is 551. The van der Waals surface area contributed by atoms with Gasteiger partial charge in [0.2, 0.25) is 11.8 Å². The molecule has 0 unspecified atom stereocenters. The fourth-order valence-corrected chi connectivity index (χ4v) is 2.07. The van der Waals surface area contributed by atoms with Crippen LogP contribution in [0.1, 0.15) is 12.5 Å². The number of amides is 2. The van der Waals surface area contributed by atoms with Crippen LogP contribution in [-0.2, 0) is 20.8 Å². The van der Waals surface area contributed by atoms with Crippen molar-refractivity contribution in [3.8, 4) is 0 Å². The average molecular weight is 339 g/mol. The van der Waals surface area contributed by atoms with Crippen LogP contribution in [0.2, 0.25) is 0 Å². The maximum Gasteiger partial charge on any atom is 0.327 e. The summed E-state index contributed by atoms with van der Waals surface area (Å²) in [5.41, 5.74) is 6.33. The SMILES string of the molecule is C[C@H](N)C(=O)N[C@@H](Cc1ccccc1)C(=O)N[C@@H](CS)C(=O)O. The van der Waals surface area contributed by atoms with Crippen molar-refractivity contribution in [1.29, 1.82) is 0 Å². The first-order valence-electron chi connectivity index (χ1n) is 7.09. The molecule has 7 nitrogen and oxygen atoms in total. The van der Waals surface area contributed by atoms with Gasteiger partial charge in [-0.05, 0) is 12.5 Å². The molecule has 0 saturated carbocycles. The summed E-state index contributed by atoms with van der Waals surface area (Å²) in [6.07, 6.45) is 0.226. The minimum Gasteiger partial charge on any atom is -0.480 e. The summed E-state index contributed by atoms with van der Waals surface area (Å²) in [5.74, 6) is -2.33. The molecule has 0 aliphatic rings. The van der Waals surface area contributed by atoms with Gasteiger partial charge in [0.25, 0.3) is 0 Å². The largest absolute Gasteiger partial charge is 0.480 e. The second-order valence-electron chi connectivity index (χ2n) is 5.12. The third kappa shape index (κ3) is 6.29. The second kappa shape index (κ2) is 9.16. The predicted molar refractivity (Wildman–Crippen MR) is 89.1 cm³/mol. The van der Waals surface area contributed by atoms with Crippen LogP contribution in [0, 0.1) is 0 Å². The number of carbonyl (C=O) groups excluding carboxylic acids is 2. The van der Waals surface area contributed by atoms with Gasteiger partial charge in [0.1, 0.15) is 12.1 Å². The quantitative estimate of drug-likeness (QED) is 0.411. The highest BCUT2D eigenvalue weighted by atomic mass is 32.1. The summed E-state index contributed by atoms with van der Waals surface area (Å²) in [6.45, 7) is 1.50. The first kappa shape index (κ1) is 19.0. The van der Waals surface area contributed by atoms with Crippen LogP contribution >= 0.6 is 12.6 Å². The molecule has 0 aliphatic heterocycles. The highest BCUT2D eigenvalue weighted by Crippen LogP contribution is 2.04. The van der Waals surface area contributed by atoms with Crippen molar-refractivity contribution in [2.75, 3.05) is 5.75 Å². The van der Waals surface area contributed by atoms with E-state index < -0.39 is 35.9 Å². The van der Waals surface area contributed by atoms with Crippen molar-refractivity contribution < 1.29 is 19.5 Å². The fourth-order valence-electron chi connectivity index (χ4n) is 1.82. The molecule has 1 aromatic rings. The van der Waals surface area contributed by atoms with Crippen molar-refractivity contribution in [1.82, 2.24) is 10.6 Å². The van der Waals surface area contributed by atoms with Crippen LogP contribution in [0.25, 0.3) is 0 Å². The Morgan fingerprint density at radius 3 is 2.17 bits per heavy atom. The third-order valence-electron chi connectivity index (χ3n) is 3.13. The van der Waals surface area contributed by atoms with Crippen LogP contribution in [0.3, 0.4) is 0 Å². The molecule has 8 heteroatoms. The maximum absolute atomic E-state index is 12.3. The predicted octanol–water partition coefficient (Wildman–Crippen LogP) is -0.440. The lowest BCUT2D eigenvalue weighted by Crippen LogP contribution is -2.55. The highest BCUT2D eigenvalue weighted by molar-refractivity contribution is 7.80. The zero-order valence-corrected chi connectivity index (χ0v) is 13.6. The topological polar surface area (TPSA) is 122 Å². The lowest BCUT2D eigenvalue weighted by atomic mass is 10.0. The zero-order valence-electron chi connectivity index (χ0n) is 12.7. The van der Waals surface area contributed by atoms with E-state index in [0.717, 1.165) is 5.56 Å². The van der Waals surface area contributed by atoms with Gasteiger partial charge in [-0.25, -0.2) is 4.79 Å². The number of rotatable bonds is 8. The summed E-state index contributed by atoms with van der Waals surface area (Å²) in [4.78, 5) is 35.1. The number of thiol groups is 1. The number of carboxylic acids is 1. The van der Waals surface area contributed by atoms with E-state index in [9.17, 15) is 14.4 Å².